The van der Waals surface area contributed by atoms with Crippen LogP contribution in [0.3, 0.4) is 0 Å². The summed E-state index contributed by atoms with van der Waals surface area (Å²) in [6.07, 6.45) is -3.96. The number of hydrogen-bond acceptors (Lipinski definition) is 3. The van der Waals surface area contributed by atoms with Crippen LogP contribution in [0.15, 0.2) is 42.5 Å². The lowest BCUT2D eigenvalue weighted by Gasteiger charge is -2.28. The summed E-state index contributed by atoms with van der Waals surface area (Å²) in [5.74, 6) is -1.83. The van der Waals surface area contributed by atoms with E-state index >= 15 is 0 Å². The minimum absolute atomic E-state index is 0.240. The quantitative estimate of drug-likeness (QED) is 0.708. The first kappa shape index (κ1) is 22.0. The zero-order chi connectivity index (χ0) is 21.3. The number of carbonyl (C=O) groups is 1. The summed E-state index contributed by atoms with van der Waals surface area (Å²) in [5.41, 5.74) is -1.76. The first-order valence-corrected chi connectivity index (χ1v) is 9.96. The third kappa shape index (κ3) is 4.93. The predicted molar refractivity (Wildman–Crippen MR) is 98.3 cm³/mol. The molecule has 0 fully saturated rings. The van der Waals surface area contributed by atoms with Crippen LogP contribution in [0, 0.1) is 5.82 Å². The number of alkyl halides is 3. The van der Waals surface area contributed by atoms with Crippen molar-refractivity contribution in [2.24, 2.45) is 0 Å². The van der Waals surface area contributed by atoms with Crippen molar-refractivity contribution in [2.45, 2.75) is 19.1 Å². The average Bonchev–Trinajstić information content (AvgIpc) is 2.56. The van der Waals surface area contributed by atoms with Crippen molar-refractivity contribution in [3.8, 4) is 0 Å². The molecule has 1 N–H and O–H groups in total. The summed E-state index contributed by atoms with van der Waals surface area (Å²) < 4.78 is 77.7. The Labute approximate surface area is 164 Å². The normalized spacial score (nSPS) is 13.1. The summed E-state index contributed by atoms with van der Waals surface area (Å²) in [4.78, 5) is 12.5. The van der Waals surface area contributed by atoms with Crippen LogP contribution in [0.4, 0.5) is 28.9 Å². The smallest absolute Gasteiger partial charge is 0.324 e. The molecule has 2 rings (SSSR count). The molecule has 0 saturated heterocycles. The summed E-state index contributed by atoms with van der Waals surface area (Å²) in [7, 11) is -4.08. The van der Waals surface area contributed by atoms with Gasteiger partial charge in [0.2, 0.25) is 15.9 Å². The molecule has 0 aliphatic rings. The molecular weight excluding hydrogens is 424 g/mol. The molecule has 11 heteroatoms. The second-order valence-electron chi connectivity index (χ2n) is 5.87. The van der Waals surface area contributed by atoms with Gasteiger partial charge in [-0.3, -0.25) is 9.10 Å². The molecule has 0 heterocycles. The van der Waals surface area contributed by atoms with Crippen LogP contribution in [0.1, 0.15) is 12.5 Å². The van der Waals surface area contributed by atoms with E-state index in [0.29, 0.717) is 10.4 Å². The average molecular weight is 439 g/mol. The van der Waals surface area contributed by atoms with Gasteiger partial charge in [0.15, 0.2) is 0 Å². The van der Waals surface area contributed by atoms with E-state index in [4.69, 9.17) is 11.6 Å². The second kappa shape index (κ2) is 7.96. The molecule has 0 saturated carbocycles. The van der Waals surface area contributed by atoms with Crippen molar-refractivity contribution in [1.82, 2.24) is 0 Å². The largest absolute Gasteiger partial charge is 0.417 e. The molecule has 0 unspecified atom stereocenters. The Bertz CT molecular complexity index is 996. The molecule has 0 aliphatic heterocycles. The van der Waals surface area contributed by atoms with Gasteiger partial charge in [-0.25, -0.2) is 12.8 Å². The SMILES string of the molecule is C[C@H](C(=O)Nc1ccc(Cl)c(C(F)(F)F)c1)N(c1ccccc1F)S(C)(=O)=O. The molecule has 2 aromatic carbocycles. The van der Waals surface area contributed by atoms with Gasteiger partial charge >= 0.3 is 6.18 Å². The molecule has 0 bridgehead atoms. The molecule has 2 aromatic rings. The van der Waals surface area contributed by atoms with Crippen molar-refractivity contribution >= 4 is 38.9 Å². The Balaban J connectivity index is 2.36. The Morgan fingerprint density at radius 1 is 1.18 bits per heavy atom. The summed E-state index contributed by atoms with van der Waals surface area (Å²) >= 11 is 5.53. The molecule has 1 atom stereocenters. The highest BCUT2D eigenvalue weighted by Crippen LogP contribution is 2.36. The van der Waals surface area contributed by atoms with Crippen LogP contribution >= 0.6 is 11.6 Å². The lowest BCUT2D eigenvalue weighted by molar-refractivity contribution is -0.137. The Morgan fingerprint density at radius 2 is 1.79 bits per heavy atom. The van der Waals surface area contributed by atoms with E-state index in [2.05, 4.69) is 5.32 Å². The third-order valence-corrected chi connectivity index (χ3v) is 5.27. The summed E-state index contributed by atoms with van der Waals surface area (Å²) in [5, 5.41) is 1.64. The van der Waals surface area contributed by atoms with Crippen LogP contribution in [-0.2, 0) is 21.0 Å². The monoisotopic (exact) mass is 438 g/mol. The zero-order valence-corrected chi connectivity index (χ0v) is 16.2. The fourth-order valence-electron chi connectivity index (χ4n) is 2.48. The highest BCUT2D eigenvalue weighted by molar-refractivity contribution is 7.92. The summed E-state index contributed by atoms with van der Waals surface area (Å²) in [6, 6.07) is 6.19. The minimum Gasteiger partial charge on any atom is -0.324 e. The predicted octanol–water partition coefficient (Wildman–Crippen LogP) is 4.29. The number of halogens is 5. The molecule has 28 heavy (non-hydrogen) atoms. The van der Waals surface area contributed by atoms with Crippen LogP contribution in [0.5, 0.6) is 0 Å². The number of nitrogens with zero attached hydrogens (tertiary/aromatic N) is 1. The van der Waals surface area contributed by atoms with Crippen molar-refractivity contribution in [3.63, 3.8) is 0 Å². The lowest BCUT2D eigenvalue weighted by atomic mass is 10.2. The number of nitrogens with one attached hydrogen (secondary N) is 1. The second-order valence-corrected chi connectivity index (χ2v) is 8.13. The van der Waals surface area contributed by atoms with Crippen LogP contribution in [0.25, 0.3) is 0 Å². The van der Waals surface area contributed by atoms with Gasteiger partial charge in [0.05, 0.1) is 22.5 Å². The van der Waals surface area contributed by atoms with Gasteiger partial charge in [-0.2, -0.15) is 13.2 Å². The van der Waals surface area contributed by atoms with Crippen molar-refractivity contribution in [2.75, 3.05) is 15.9 Å². The van der Waals surface area contributed by atoms with E-state index < -0.39 is 44.6 Å². The molecule has 0 radical (unpaired) electrons. The van der Waals surface area contributed by atoms with Crippen molar-refractivity contribution < 1.29 is 30.8 Å². The third-order valence-electron chi connectivity index (χ3n) is 3.72. The number of anilines is 2. The molecule has 1 amide bonds. The van der Waals surface area contributed by atoms with E-state index in [-0.39, 0.29) is 11.4 Å². The van der Waals surface area contributed by atoms with Crippen molar-refractivity contribution in [3.05, 3.63) is 58.9 Å². The number of hydrogen-bond donors (Lipinski definition) is 1. The van der Waals surface area contributed by atoms with E-state index in [1.165, 1.54) is 25.1 Å². The van der Waals surface area contributed by atoms with Gasteiger partial charge in [-0.1, -0.05) is 23.7 Å². The molecule has 152 valence electrons. The standard InChI is InChI=1S/C17H15ClF4N2O3S/c1-10(24(28(2,26)27)15-6-4-3-5-14(15)19)16(25)23-11-7-8-13(18)12(9-11)17(20,21)22/h3-10H,1-2H3,(H,23,25)/t10-/m1/s1. The van der Waals surface area contributed by atoms with Gasteiger partial charge in [0.25, 0.3) is 0 Å². The fraction of sp³-hybridized carbons (Fsp3) is 0.235. The summed E-state index contributed by atoms with van der Waals surface area (Å²) in [6.45, 7) is 1.18. The Kier molecular flexibility index (Phi) is 6.24. The topological polar surface area (TPSA) is 66.5 Å². The fourth-order valence-corrected chi connectivity index (χ4v) is 3.88. The van der Waals surface area contributed by atoms with Gasteiger partial charge in [0.1, 0.15) is 11.9 Å². The maximum Gasteiger partial charge on any atom is 0.417 e. The van der Waals surface area contributed by atoms with Crippen LogP contribution < -0.4 is 9.62 Å². The maximum absolute atomic E-state index is 14.1. The first-order valence-electron chi connectivity index (χ1n) is 7.74. The number of benzene rings is 2. The van der Waals surface area contributed by atoms with E-state index in [1.807, 2.05) is 0 Å². The Hall–Kier alpha value is -2.33. The molecular formula is C17H15ClF4N2O3S. The highest BCUT2D eigenvalue weighted by Gasteiger charge is 2.34. The van der Waals surface area contributed by atoms with Gasteiger partial charge in [0, 0.05) is 5.69 Å². The highest BCUT2D eigenvalue weighted by atomic mass is 35.5. The number of rotatable bonds is 5. The van der Waals surface area contributed by atoms with Gasteiger partial charge in [-0.05, 0) is 37.3 Å². The van der Waals surface area contributed by atoms with E-state index in [1.54, 1.807) is 0 Å². The minimum atomic E-state index is -4.74. The van der Waals surface area contributed by atoms with Crippen molar-refractivity contribution in [1.29, 1.82) is 0 Å². The maximum atomic E-state index is 14.1. The number of sulfonamides is 1. The van der Waals surface area contributed by atoms with E-state index in [0.717, 1.165) is 24.5 Å². The number of para-hydroxylation sites is 1. The Morgan fingerprint density at radius 3 is 2.32 bits per heavy atom. The first-order chi connectivity index (χ1) is 12.8. The number of carbonyl (C=O) groups excluding carboxylic acids is 1. The molecule has 5 nitrogen and oxygen atoms in total. The lowest BCUT2D eigenvalue weighted by Crippen LogP contribution is -2.45. The molecule has 0 aromatic heterocycles. The van der Waals surface area contributed by atoms with Gasteiger partial charge < -0.3 is 5.32 Å². The number of amides is 1. The van der Waals surface area contributed by atoms with E-state index in [9.17, 15) is 30.8 Å². The molecule has 0 spiro atoms. The van der Waals surface area contributed by atoms with Gasteiger partial charge in [-0.15, -0.1) is 0 Å². The van der Waals surface area contributed by atoms with Crippen LogP contribution in [0.2, 0.25) is 5.02 Å². The van der Waals surface area contributed by atoms with Crippen LogP contribution in [-0.4, -0.2) is 26.6 Å². The molecule has 0 aliphatic carbocycles. The zero-order valence-electron chi connectivity index (χ0n) is 14.6.